The van der Waals surface area contributed by atoms with Crippen LogP contribution < -0.4 is 11.1 Å². The van der Waals surface area contributed by atoms with Crippen molar-refractivity contribution >= 4 is 17.3 Å². The van der Waals surface area contributed by atoms with Crippen LogP contribution in [0.25, 0.3) is 0 Å². The van der Waals surface area contributed by atoms with E-state index in [9.17, 15) is 13.6 Å². The molecule has 2 aromatic rings. The lowest BCUT2D eigenvalue weighted by molar-refractivity contribution is 0.101. The Bertz CT molecular complexity index is 612. The van der Waals surface area contributed by atoms with Crippen molar-refractivity contribution in [2.45, 2.75) is 6.92 Å². The number of carbonyl (C=O) groups is 1. The largest absolute Gasteiger partial charge is 0.395 e. The van der Waals surface area contributed by atoms with Gasteiger partial charge >= 0.3 is 0 Å². The van der Waals surface area contributed by atoms with Crippen LogP contribution in [-0.4, -0.2) is 16.2 Å². The van der Waals surface area contributed by atoms with Crippen LogP contribution in [0.3, 0.4) is 0 Å². The lowest BCUT2D eigenvalue weighted by Crippen LogP contribution is -2.15. The number of benzene rings is 1. The Balaban J connectivity index is 2.30. The average Bonchev–Trinajstić information content (AvgIpc) is 2.71. The second-order valence-corrected chi connectivity index (χ2v) is 3.50. The third-order valence-electron chi connectivity index (χ3n) is 2.21. The average molecular weight is 254 g/mol. The molecular formula is C10H8F2N4O2. The normalized spacial score (nSPS) is 10.4. The van der Waals surface area contributed by atoms with Crippen molar-refractivity contribution in [2.24, 2.45) is 0 Å². The summed E-state index contributed by atoms with van der Waals surface area (Å²) in [7, 11) is 0. The van der Waals surface area contributed by atoms with Gasteiger partial charge in [-0.25, -0.2) is 13.4 Å². The number of amides is 1. The monoisotopic (exact) mass is 254 g/mol. The van der Waals surface area contributed by atoms with Crippen LogP contribution in [0.5, 0.6) is 0 Å². The number of rotatable bonds is 2. The predicted octanol–water partition coefficient (Wildman–Crippen LogP) is 1.49. The maximum atomic E-state index is 13.1. The Kier molecular flexibility index (Phi) is 2.92. The van der Waals surface area contributed by atoms with Gasteiger partial charge in [0.25, 0.3) is 5.91 Å². The summed E-state index contributed by atoms with van der Waals surface area (Å²) < 4.78 is 30.5. The molecule has 2 rings (SSSR count). The highest BCUT2D eigenvalue weighted by molar-refractivity contribution is 6.04. The summed E-state index contributed by atoms with van der Waals surface area (Å²) in [5.74, 6) is -2.53. The molecule has 1 aromatic heterocycles. The first kappa shape index (κ1) is 12.0. The van der Waals surface area contributed by atoms with Crippen LogP contribution in [0.2, 0.25) is 0 Å². The number of nitrogens with two attached hydrogens (primary N) is 1. The number of nitrogen functional groups attached to an aromatic ring is 1. The van der Waals surface area contributed by atoms with Crippen LogP contribution in [0.4, 0.5) is 20.2 Å². The first-order valence-corrected chi connectivity index (χ1v) is 4.84. The topological polar surface area (TPSA) is 94.0 Å². The highest BCUT2D eigenvalue weighted by Gasteiger charge is 2.17. The van der Waals surface area contributed by atoms with E-state index in [1.165, 1.54) is 6.92 Å². The van der Waals surface area contributed by atoms with Gasteiger partial charge in [-0.15, -0.1) is 0 Å². The molecule has 0 unspecified atom stereocenters. The Morgan fingerprint density at radius 2 is 2.11 bits per heavy atom. The summed E-state index contributed by atoms with van der Waals surface area (Å²) in [4.78, 5) is 11.7. The fourth-order valence-corrected chi connectivity index (χ4v) is 1.31. The number of nitrogens with one attached hydrogen (secondary N) is 1. The van der Waals surface area contributed by atoms with E-state index in [0.717, 1.165) is 6.07 Å². The zero-order valence-electron chi connectivity index (χ0n) is 9.20. The van der Waals surface area contributed by atoms with Gasteiger partial charge in [-0.1, -0.05) is 5.16 Å². The minimum Gasteiger partial charge on any atom is -0.395 e. The van der Waals surface area contributed by atoms with Crippen molar-refractivity contribution in [3.8, 4) is 0 Å². The van der Waals surface area contributed by atoms with E-state index >= 15 is 0 Å². The second-order valence-electron chi connectivity index (χ2n) is 3.50. The number of carbonyl (C=O) groups excluding carboxylic acids is 1. The lowest BCUT2D eigenvalue weighted by Gasteiger charge is -2.07. The molecule has 8 heteroatoms. The van der Waals surface area contributed by atoms with Gasteiger partial charge in [-0.3, -0.25) is 4.79 Å². The van der Waals surface area contributed by atoms with Crippen LogP contribution >= 0.6 is 0 Å². The van der Waals surface area contributed by atoms with E-state index in [4.69, 9.17) is 5.73 Å². The van der Waals surface area contributed by atoms with Crippen LogP contribution in [0.1, 0.15) is 16.2 Å². The third-order valence-corrected chi connectivity index (χ3v) is 2.21. The van der Waals surface area contributed by atoms with Crippen molar-refractivity contribution in [1.82, 2.24) is 10.3 Å². The molecule has 0 radical (unpaired) electrons. The molecule has 18 heavy (non-hydrogen) atoms. The van der Waals surface area contributed by atoms with Crippen LogP contribution in [0.15, 0.2) is 16.8 Å². The predicted molar refractivity (Wildman–Crippen MR) is 57.8 cm³/mol. The summed E-state index contributed by atoms with van der Waals surface area (Å²) >= 11 is 0. The summed E-state index contributed by atoms with van der Waals surface area (Å²) in [5.41, 5.74) is 5.00. The Morgan fingerprint density at radius 3 is 2.72 bits per heavy atom. The van der Waals surface area contributed by atoms with E-state index in [1.807, 2.05) is 0 Å². The van der Waals surface area contributed by atoms with Gasteiger partial charge < -0.3 is 11.1 Å². The van der Waals surface area contributed by atoms with Crippen molar-refractivity contribution in [3.05, 3.63) is 35.2 Å². The first-order valence-electron chi connectivity index (χ1n) is 4.84. The maximum absolute atomic E-state index is 13.1. The summed E-state index contributed by atoms with van der Waals surface area (Å²) in [5, 5.41) is 9.00. The van der Waals surface area contributed by atoms with E-state index in [1.54, 1.807) is 0 Å². The van der Waals surface area contributed by atoms with E-state index in [-0.39, 0.29) is 22.8 Å². The molecule has 3 N–H and O–H groups in total. The fourth-order valence-electron chi connectivity index (χ4n) is 1.31. The molecule has 6 nitrogen and oxygen atoms in total. The minimum atomic E-state index is -0.958. The van der Waals surface area contributed by atoms with E-state index < -0.39 is 17.5 Å². The van der Waals surface area contributed by atoms with E-state index in [2.05, 4.69) is 20.3 Å². The standard InChI is InChI=1S/C10H8F2N4O2/c1-4-9(16-18-15-4)10(17)14-7-3-5(11)2-6(12)8(7)13/h2-3H,13H2,1H3,(H,14,17). The van der Waals surface area contributed by atoms with Gasteiger partial charge in [-0.2, -0.15) is 0 Å². The van der Waals surface area contributed by atoms with Gasteiger partial charge in [0.1, 0.15) is 11.5 Å². The fraction of sp³-hybridized carbons (Fsp3) is 0.100. The molecule has 0 spiro atoms. The Hall–Kier alpha value is -2.51. The van der Waals surface area contributed by atoms with Crippen molar-refractivity contribution < 1.29 is 18.2 Å². The number of aromatic nitrogens is 2. The van der Waals surface area contributed by atoms with Gasteiger partial charge in [-0.05, 0) is 18.1 Å². The molecule has 0 aliphatic carbocycles. The van der Waals surface area contributed by atoms with Gasteiger partial charge in [0.05, 0.1) is 11.4 Å². The number of aryl methyl sites for hydroxylation is 1. The molecule has 94 valence electrons. The zero-order valence-corrected chi connectivity index (χ0v) is 9.20. The van der Waals surface area contributed by atoms with Crippen molar-refractivity contribution in [1.29, 1.82) is 0 Å². The van der Waals surface area contributed by atoms with Gasteiger partial charge in [0, 0.05) is 6.07 Å². The summed E-state index contributed by atoms with van der Waals surface area (Å²) in [6.45, 7) is 1.50. The molecular weight excluding hydrogens is 246 g/mol. The highest BCUT2D eigenvalue weighted by Crippen LogP contribution is 2.23. The molecule has 1 amide bonds. The van der Waals surface area contributed by atoms with Crippen molar-refractivity contribution in [3.63, 3.8) is 0 Å². The number of hydrogen-bond acceptors (Lipinski definition) is 5. The second kappa shape index (κ2) is 4.40. The smallest absolute Gasteiger partial charge is 0.279 e. The zero-order chi connectivity index (χ0) is 13.3. The van der Waals surface area contributed by atoms with Crippen LogP contribution in [0, 0.1) is 18.6 Å². The SMILES string of the molecule is Cc1nonc1C(=O)Nc1cc(F)cc(F)c1N. The summed E-state index contributed by atoms with van der Waals surface area (Å²) in [6.07, 6.45) is 0. The number of hydrogen-bond donors (Lipinski definition) is 2. The molecule has 0 atom stereocenters. The molecule has 1 heterocycles. The Morgan fingerprint density at radius 1 is 1.39 bits per heavy atom. The highest BCUT2D eigenvalue weighted by atomic mass is 19.1. The molecule has 0 aliphatic heterocycles. The first-order chi connectivity index (χ1) is 8.49. The molecule has 0 saturated carbocycles. The molecule has 0 bridgehead atoms. The van der Waals surface area contributed by atoms with Gasteiger partial charge in [0.2, 0.25) is 0 Å². The van der Waals surface area contributed by atoms with Crippen LogP contribution in [-0.2, 0) is 0 Å². The number of halogens is 2. The van der Waals surface area contributed by atoms with E-state index in [0.29, 0.717) is 6.07 Å². The molecule has 0 fully saturated rings. The van der Waals surface area contributed by atoms with Gasteiger partial charge in [0.15, 0.2) is 11.5 Å². The molecule has 0 saturated heterocycles. The lowest BCUT2D eigenvalue weighted by atomic mass is 10.2. The molecule has 1 aromatic carbocycles. The number of anilines is 2. The third kappa shape index (κ3) is 2.12. The Labute approximate surface area is 99.7 Å². The minimum absolute atomic E-state index is 0.0842. The quantitative estimate of drug-likeness (QED) is 0.792. The summed E-state index contributed by atoms with van der Waals surface area (Å²) in [6, 6.07) is 1.52. The maximum Gasteiger partial charge on any atom is 0.279 e. The number of nitrogens with zero attached hydrogens (tertiary/aromatic N) is 2. The molecule has 0 aliphatic rings. The van der Waals surface area contributed by atoms with Crippen molar-refractivity contribution in [2.75, 3.05) is 11.1 Å².